The molecule has 0 unspecified atom stereocenters. The zero-order valence-electron chi connectivity index (χ0n) is 16.4. The molecular formula is C20H31ClN4. The quantitative estimate of drug-likeness (QED) is 0.773. The zero-order valence-corrected chi connectivity index (χ0v) is 17.1. The van der Waals surface area contributed by atoms with E-state index in [1.165, 1.54) is 11.3 Å². The molecule has 0 aliphatic heterocycles. The molecule has 0 amide bonds. The van der Waals surface area contributed by atoms with Crippen molar-refractivity contribution in [3.8, 4) is 0 Å². The Labute approximate surface area is 157 Å². The summed E-state index contributed by atoms with van der Waals surface area (Å²) in [5.41, 5.74) is 4.91. The molecule has 1 heterocycles. The molecule has 1 N–H and O–H groups in total. The van der Waals surface area contributed by atoms with Crippen molar-refractivity contribution in [3.63, 3.8) is 0 Å². The molecule has 2 rings (SSSR count). The normalized spacial score (nSPS) is 12.2. The van der Waals surface area contributed by atoms with Gasteiger partial charge in [-0.3, -0.25) is 4.68 Å². The van der Waals surface area contributed by atoms with Crippen molar-refractivity contribution in [3.05, 3.63) is 51.8 Å². The van der Waals surface area contributed by atoms with Crippen molar-refractivity contribution in [2.75, 3.05) is 27.2 Å². The summed E-state index contributed by atoms with van der Waals surface area (Å²) in [4.78, 5) is 2.24. The number of benzene rings is 1. The first-order valence-electron chi connectivity index (χ1n) is 8.81. The highest BCUT2D eigenvalue weighted by atomic mass is 35.5. The number of aromatic nitrogens is 2. The van der Waals surface area contributed by atoms with Crippen LogP contribution in [0.15, 0.2) is 24.3 Å². The molecule has 5 heteroatoms. The van der Waals surface area contributed by atoms with Gasteiger partial charge in [-0.25, -0.2) is 0 Å². The predicted octanol–water partition coefficient (Wildman–Crippen LogP) is 3.88. The first-order valence-corrected chi connectivity index (χ1v) is 9.19. The van der Waals surface area contributed by atoms with Gasteiger partial charge in [0.2, 0.25) is 0 Å². The van der Waals surface area contributed by atoms with E-state index in [1.807, 2.05) is 18.2 Å². The fraction of sp³-hybridized carbons (Fsp3) is 0.550. The summed E-state index contributed by atoms with van der Waals surface area (Å²) in [6, 6.07) is 7.96. The molecule has 0 bridgehead atoms. The highest BCUT2D eigenvalue weighted by Gasteiger charge is 2.19. The molecular weight excluding hydrogens is 332 g/mol. The van der Waals surface area contributed by atoms with Gasteiger partial charge in [-0.05, 0) is 45.0 Å². The Morgan fingerprint density at radius 2 is 1.88 bits per heavy atom. The summed E-state index contributed by atoms with van der Waals surface area (Å²) >= 11 is 6.29. The number of rotatable bonds is 8. The standard InChI is InChI=1S/C20H31ClN4/c1-15-18(11-22-13-20(3,4)14-24(5)6)16(2)25(23-15)12-17-9-7-8-10-19(17)21/h7-10,22H,11-14H2,1-6H3. The monoisotopic (exact) mass is 362 g/mol. The molecule has 25 heavy (non-hydrogen) atoms. The Kier molecular flexibility index (Phi) is 6.66. The summed E-state index contributed by atoms with van der Waals surface area (Å²) in [5.74, 6) is 0. The van der Waals surface area contributed by atoms with Crippen LogP contribution in [0.1, 0.15) is 36.4 Å². The van der Waals surface area contributed by atoms with Crippen molar-refractivity contribution in [2.45, 2.75) is 40.8 Å². The Balaban J connectivity index is 2.03. The second kappa shape index (κ2) is 8.35. The van der Waals surface area contributed by atoms with Crippen LogP contribution in [-0.4, -0.2) is 41.9 Å². The van der Waals surface area contributed by atoms with Gasteiger partial charge in [-0.1, -0.05) is 43.6 Å². The lowest BCUT2D eigenvalue weighted by atomic mass is 9.93. The third-order valence-electron chi connectivity index (χ3n) is 4.46. The van der Waals surface area contributed by atoms with Gasteiger partial charge in [0.25, 0.3) is 0 Å². The number of halogens is 1. The molecule has 0 radical (unpaired) electrons. The van der Waals surface area contributed by atoms with E-state index in [0.29, 0.717) is 6.54 Å². The van der Waals surface area contributed by atoms with Gasteiger partial charge >= 0.3 is 0 Å². The zero-order chi connectivity index (χ0) is 18.6. The lowest BCUT2D eigenvalue weighted by Gasteiger charge is -2.28. The average molecular weight is 363 g/mol. The number of hydrogen-bond donors (Lipinski definition) is 1. The van der Waals surface area contributed by atoms with Crippen LogP contribution in [0, 0.1) is 19.3 Å². The van der Waals surface area contributed by atoms with Crippen LogP contribution in [0.5, 0.6) is 0 Å². The van der Waals surface area contributed by atoms with E-state index < -0.39 is 0 Å². The topological polar surface area (TPSA) is 33.1 Å². The molecule has 0 fully saturated rings. The van der Waals surface area contributed by atoms with Crippen molar-refractivity contribution in [1.82, 2.24) is 20.0 Å². The summed E-state index contributed by atoms with van der Waals surface area (Å²) < 4.78 is 2.05. The molecule has 1 aromatic heterocycles. The smallest absolute Gasteiger partial charge is 0.0677 e. The van der Waals surface area contributed by atoms with Gasteiger partial charge in [0.1, 0.15) is 0 Å². The largest absolute Gasteiger partial charge is 0.312 e. The van der Waals surface area contributed by atoms with Crippen LogP contribution in [0.3, 0.4) is 0 Å². The van der Waals surface area contributed by atoms with Gasteiger partial charge in [0.15, 0.2) is 0 Å². The third kappa shape index (κ3) is 5.56. The molecule has 0 aliphatic carbocycles. The Hall–Kier alpha value is -1.36. The number of hydrogen-bond acceptors (Lipinski definition) is 3. The van der Waals surface area contributed by atoms with Crippen molar-refractivity contribution < 1.29 is 0 Å². The molecule has 0 atom stereocenters. The first-order chi connectivity index (χ1) is 11.7. The molecule has 138 valence electrons. The molecule has 1 aromatic carbocycles. The maximum absolute atomic E-state index is 6.29. The second-order valence-corrected chi connectivity index (χ2v) is 8.31. The number of nitrogens with zero attached hydrogens (tertiary/aromatic N) is 3. The Morgan fingerprint density at radius 1 is 1.20 bits per heavy atom. The Morgan fingerprint density at radius 3 is 2.52 bits per heavy atom. The van der Waals surface area contributed by atoms with Crippen LogP contribution >= 0.6 is 11.6 Å². The van der Waals surface area contributed by atoms with E-state index in [0.717, 1.165) is 35.9 Å². The van der Waals surface area contributed by atoms with Gasteiger partial charge in [-0.2, -0.15) is 5.10 Å². The fourth-order valence-corrected chi connectivity index (χ4v) is 3.57. The molecule has 2 aromatic rings. The van der Waals surface area contributed by atoms with Crippen molar-refractivity contribution >= 4 is 11.6 Å². The van der Waals surface area contributed by atoms with E-state index in [4.69, 9.17) is 16.7 Å². The SMILES string of the molecule is Cc1nn(Cc2ccccc2Cl)c(C)c1CNCC(C)(C)CN(C)C. The number of aryl methyl sites for hydroxylation is 1. The lowest BCUT2D eigenvalue weighted by molar-refractivity contribution is 0.232. The highest BCUT2D eigenvalue weighted by molar-refractivity contribution is 6.31. The van der Waals surface area contributed by atoms with Crippen LogP contribution in [0.25, 0.3) is 0 Å². The van der Waals surface area contributed by atoms with E-state index in [9.17, 15) is 0 Å². The fourth-order valence-electron chi connectivity index (χ4n) is 3.37. The van der Waals surface area contributed by atoms with Crippen molar-refractivity contribution in [1.29, 1.82) is 0 Å². The molecule has 0 spiro atoms. The highest BCUT2D eigenvalue weighted by Crippen LogP contribution is 2.20. The summed E-state index contributed by atoms with van der Waals surface area (Å²) in [6.07, 6.45) is 0. The van der Waals surface area contributed by atoms with Gasteiger partial charge < -0.3 is 10.2 Å². The minimum atomic E-state index is 0.235. The minimum Gasteiger partial charge on any atom is -0.312 e. The summed E-state index contributed by atoms with van der Waals surface area (Å²) in [7, 11) is 4.24. The van der Waals surface area contributed by atoms with Crippen LogP contribution in [0.2, 0.25) is 5.02 Å². The summed E-state index contributed by atoms with van der Waals surface area (Å²) in [6.45, 7) is 12.4. The first kappa shape index (κ1) is 20.0. The van der Waals surface area contributed by atoms with Crippen LogP contribution in [-0.2, 0) is 13.1 Å². The maximum Gasteiger partial charge on any atom is 0.0677 e. The third-order valence-corrected chi connectivity index (χ3v) is 4.83. The molecule has 0 saturated heterocycles. The molecule has 0 aliphatic rings. The Bertz CT molecular complexity index is 704. The van der Waals surface area contributed by atoms with E-state index in [1.54, 1.807) is 0 Å². The molecule has 0 saturated carbocycles. The maximum atomic E-state index is 6.29. The van der Waals surface area contributed by atoms with Gasteiger partial charge in [0.05, 0.1) is 12.2 Å². The minimum absolute atomic E-state index is 0.235. The van der Waals surface area contributed by atoms with E-state index in [2.05, 4.69) is 62.8 Å². The summed E-state index contributed by atoms with van der Waals surface area (Å²) in [5, 5.41) is 9.12. The second-order valence-electron chi connectivity index (χ2n) is 7.90. The number of nitrogens with one attached hydrogen (secondary N) is 1. The van der Waals surface area contributed by atoms with Crippen LogP contribution in [0.4, 0.5) is 0 Å². The lowest BCUT2D eigenvalue weighted by Crippen LogP contribution is -2.37. The van der Waals surface area contributed by atoms with E-state index >= 15 is 0 Å². The molecule has 4 nitrogen and oxygen atoms in total. The predicted molar refractivity (Wildman–Crippen MR) is 106 cm³/mol. The average Bonchev–Trinajstić information content (AvgIpc) is 2.75. The van der Waals surface area contributed by atoms with Crippen LogP contribution < -0.4 is 5.32 Å². The van der Waals surface area contributed by atoms with Crippen molar-refractivity contribution in [2.24, 2.45) is 5.41 Å². The van der Waals surface area contributed by atoms with Gasteiger partial charge in [0, 0.05) is 35.9 Å². The van der Waals surface area contributed by atoms with Gasteiger partial charge in [-0.15, -0.1) is 0 Å². The van der Waals surface area contributed by atoms with E-state index in [-0.39, 0.29) is 5.41 Å².